The van der Waals surface area contributed by atoms with Crippen molar-refractivity contribution in [2.24, 2.45) is 11.8 Å². The largest absolute Gasteiger partial charge is 0.391 e. The average Bonchev–Trinajstić information content (AvgIpc) is 3.36. The zero-order chi connectivity index (χ0) is 19.8. The van der Waals surface area contributed by atoms with Crippen LogP contribution < -0.4 is 0 Å². The van der Waals surface area contributed by atoms with Crippen molar-refractivity contribution in [1.82, 2.24) is 19.4 Å². The highest BCUT2D eigenvalue weighted by Crippen LogP contribution is 2.38. The van der Waals surface area contributed by atoms with Crippen molar-refractivity contribution >= 4 is 16.9 Å². The number of morpholine rings is 1. The minimum Gasteiger partial charge on any atom is -0.391 e. The van der Waals surface area contributed by atoms with E-state index in [2.05, 4.69) is 14.5 Å². The predicted octanol–water partition coefficient (Wildman–Crippen LogP) is 1.36. The van der Waals surface area contributed by atoms with Crippen LogP contribution in [0.2, 0.25) is 0 Å². The number of benzene rings is 1. The number of ether oxygens (including phenoxy) is 1. The first kappa shape index (κ1) is 19.0. The summed E-state index contributed by atoms with van der Waals surface area (Å²) in [5.74, 6) is 1.15. The number of nitrogens with zero attached hydrogens (tertiary/aromatic N) is 4. The zero-order valence-corrected chi connectivity index (χ0v) is 16.8. The van der Waals surface area contributed by atoms with Crippen LogP contribution in [0.3, 0.4) is 0 Å². The maximum atomic E-state index is 12.9. The number of aromatic nitrogens is 2. The molecule has 3 aliphatic rings. The van der Waals surface area contributed by atoms with Crippen molar-refractivity contribution in [3.63, 3.8) is 0 Å². The van der Waals surface area contributed by atoms with Crippen molar-refractivity contribution in [2.75, 3.05) is 39.4 Å². The molecule has 29 heavy (non-hydrogen) atoms. The van der Waals surface area contributed by atoms with E-state index in [9.17, 15) is 9.90 Å². The Morgan fingerprint density at radius 3 is 2.72 bits per heavy atom. The molecule has 7 nitrogen and oxygen atoms in total. The molecule has 1 aromatic heterocycles. The maximum Gasteiger partial charge on any atom is 0.224 e. The highest BCUT2D eigenvalue weighted by atomic mass is 16.5. The molecule has 3 heterocycles. The minimum absolute atomic E-state index is 0.215. The molecule has 156 valence electrons. The molecule has 1 aromatic carbocycles. The average molecular weight is 399 g/mol. The van der Waals surface area contributed by atoms with E-state index in [-0.39, 0.29) is 18.1 Å². The number of carbonyl (C=O) groups is 1. The summed E-state index contributed by atoms with van der Waals surface area (Å²) in [5.41, 5.74) is 2.04. The standard InChI is InChI=1S/C22H30N4O3/c27-21-12-17-14-26(13-16(17)11-20(21)24-7-9-29-10-8-24)22(28)5-6-25-15-23-18-3-1-2-4-19(18)25/h1-4,15-17,20-21,27H,5-14H2/t16-,17+,20-,21-/m1/s1. The number of aryl methyl sites for hydroxylation is 1. The Morgan fingerprint density at radius 2 is 1.90 bits per heavy atom. The molecular weight excluding hydrogens is 368 g/mol. The molecule has 4 atom stereocenters. The van der Waals surface area contributed by atoms with E-state index in [4.69, 9.17) is 4.74 Å². The lowest BCUT2D eigenvalue weighted by Gasteiger charge is -2.43. The molecular formula is C22H30N4O3. The smallest absolute Gasteiger partial charge is 0.224 e. The fraction of sp³-hybridized carbons (Fsp3) is 0.636. The van der Waals surface area contributed by atoms with E-state index in [1.807, 2.05) is 35.5 Å². The number of imidazole rings is 1. The highest BCUT2D eigenvalue weighted by Gasteiger charge is 2.44. The quantitative estimate of drug-likeness (QED) is 0.842. The predicted molar refractivity (Wildman–Crippen MR) is 109 cm³/mol. The van der Waals surface area contributed by atoms with Crippen LogP contribution in [0.1, 0.15) is 19.3 Å². The third-order valence-electron chi connectivity index (χ3n) is 7.07. The number of amides is 1. The van der Waals surface area contributed by atoms with Gasteiger partial charge in [-0.3, -0.25) is 9.69 Å². The topological polar surface area (TPSA) is 70.8 Å². The number of aliphatic hydroxyl groups is 1. The number of fused-ring (bicyclic) bond motifs is 2. The van der Waals surface area contributed by atoms with Crippen LogP contribution in [0, 0.1) is 11.8 Å². The van der Waals surface area contributed by atoms with E-state index in [0.29, 0.717) is 24.8 Å². The van der Waals surface area contributed by atoms with Gasteiger partial charge in [0.25, 0.3) is 0 Å². The number of aliphatic hydroxyl groups excluding tert-OH is 1. The molecule has 2 aromatic rings. The minimum atomic E-state index is -0.290. The second kappa shape index (κ2) is 8.05. The van der Waals surface area contributed by atoms with Gasteiger partial charge < -0.3 is 19.3 Å². The van der Waals surface area contributed by atoms with Crippen LogP contribution >= 0.6 is 0 Å². The molecule has 2 saturated heterocycles. The Bertz CT molecular complexity index is 863. The van der Waals surface area contributed by atoms with Gasteiger partial charge in [0.15, 0.2) is 0 Å². The van der Waals surface area contributed by atoms with E-state index in [0.717, 1.165) is 63.3 Å². The third kappa shape index (κ3) is 3.79. The Morgan fingerprint density at radius 1 is 1.14 bits per heavy atom. The highest BCUT2D eigenvalue weighted by molar-refractivity contribution is 5.78. The van der Waals surface area contributed by atoms with Crippen LogP contribution in [0.15, 0.2) is 30.6 Å². The van der Waals surface area contributed by atoms with Crippen LogP contribution in [0.25, 0.3) is 11.0 Å². The second-order valence-electron chi connectivity index (χ2n) is 8.75. The number of carbonyl (C=O) groups excluding carboxylic acids is 1. The molecule has 7 heteroatoms. The Kier molecular flexibility index (Phi) is 5.28. The van der Waals surface area contributed by atoms with Crippen molar-refractivity contribution in [1.29, 1.82) is 0 Å². The van der Waals surface area contributed by atoms with E-state index >= 15 is 0 Å². The fourth-order valence-electron chi connectivity index (χ4n) is 5.48. The molecule has 3 fully saturated rings. The molecule has 0 unspecified atom stereocenters. The van der Waals surface area contributed by atoms with E-state index in [1.54, 1.807) is 0 Å². The van der Waals surface area contributed by atoms with Crippen LogP contribution in [0.4, 0.5) is 0 Å². The Labute approximate surface area is 171 Å². The SMILES string of the molecule is O=C(CCn1cnc2ccccc21)N1C[C@H]2C[C@@H](N3CCOCC3)[C@H](O)C[C@H]2C1. The molecule has 1 amide bonds. The number of hydrogen-bond donors (Lipinski definition) is 1. The third-order valence-corrected chi connectivity index (χ3v) is 7.07. The summed E-state index contributed by atoms with van der Waals surface area (Å²) in [4.78, 5) is 21.7. The number of likely N-dealkylation sites (tertiary alicyclic amines) is 1. The molecule has 1 N–H and O–H groups in total. The van der Waals surface area contributed by atoms with Gasteiger partial charge in [0.1, 0.15) is 0 Å². The van der Waals surface area contributed by atoms with Crippen molar-refractivity contribution < 1.29 is 14.6 Å². The summed E-state index contributed by atoms with van der Waals surface area (Å²) >= 11 is 0. The molecule has 0 radical (unpaired) electrons. The van der Waals surface area contributed by atoms with Crippen molar-refractivity contribution in [2.45, 2.75) is 38.0 Å². The van der Waals surface area contributed by atoms with Gasteiger partial charge in [-0.05, 0) is 36.8 Å². The normalized spacial score (nSPS) is 30.6. The molecule has 0 bridgehead atoms. The first-order valence-corrected chi connectivity index (χ1v) is 10.9. The number of hydrogen-bond acceptors (Lipinski definition) is 5. The molecule has 0 spiro atoms. The Balaban J connectivity index is 1.18. The monoisotopic (exact) mass is 398 g/mol. The summed E-state index contributed by atoms with van der Waals surface area (Å²) in [6, 6.07) is 8.24. The van der Waals surface area contributed by atoms with Gasteiger partial charge in [-0.15, -0.1) is 0 Å². The zero-order valence-electron chi connectivity index (χ0n) is 16.8. The lowest BCUT2D eigenvalue weighted by Crippen LogP contribution is -2.53. The van der Waals surface area contributed by atoms with Crippen LogP contribution in [-0.4, -0.2) is 81.9 Å². The summed E-state index contributed by atoms with van der Waals surface area (Å²) in [6.45, 7) is 5.60. The summed E-state index contributed by atoms with van der Waals surface area (Å²) in [7, 11) is 0. The van der Waals surface area contributed by atoms with Crippen molar-refractivity contribution in [3.8, 4) is 0 Å². The summed E-state index contributed by atoms with van der Waals surface area (Å²) in [6.07, 6.45) is 3.83. The van der Waals surface area contributed by atoms with Gasteiger partial charge in [-0.1, -0.05) is 12.1 Å². The van der Waals surface area contributed by atoms with Gasteiger partial charge in [0, 0.05) is 45.2 Å². The first-order chi connectivity index (χ1) is 14.2. The molecule has 1 aliphatic carbocycles. The summed E-state index contributed by atoms with van der Waals surface area (Å²) in [5, 5.41) is 10.7. The van der Waals surface area contributed by atoms with Crippen LogP contribution in [0.5, 0.6) is 0 Å². The molecule has 2 aliphatic heterocycles. The second-order valence-corrected chi connectivity index (χ2v) is 8.75. The molecule has 5 rings (SSSR count). The van der Waals surface area contributed by atoms with E-state index in [1.165, 1.54) is 0 Å². The van der Waals surface area contributed by atoms with Crippen molar-refractivity contribution in [3.05, 3.63) is 30.6 Å². The first-order valence-electron chi connectivity index (χ1n) is 10.9. The molecule has 1 saturated carbocycles. The van der Waals surface area contributed by atoms with Gasteiger partial charge in [0.2, 0.25) is 5.91 Å². The van der Waals surface area contributed by atoms with Gasteiger partial charge in [-0.25, -0.2) is 4.98 Å². The van der Waals surface area contributed by atoms with Crippen LogP contribution in [-0.2, 0) is 16.1 Å². The summed E-state index contributed by atoms with van der Waals surface area (Å²) < 4.78 is 7.53. The maximum absolute atomic E-state index is 12.9. The van der Waals surface area contributed by atoms with Gasteiger partial charge in [-0.2, -0.15) is 0 Å². The van der Waals surface area contributed by atoms with E-state index < -0.39 is 0 Å². The lowest BCUT2D eigenvalue weighted by atomic mass is 9.77. The number of para-hydroxylation sites is 2. The lowest BCUT2D eigenvalue weighted by molar-refractivity contribution is -0.130. The van der Waals surface area contributed by atoms with Gasteiger partial charge >= 0.3 is 0 Å². The Hall–Kier alpha value is -1.96. The van der Waals surface area contributed by atoms with Gasteiger partial charge in [0.05, 0.1) is 36.7 Å². The fourth-order valence-corrected chi connectivity index (χ4v) is 5.48. The number of rotatable bonds is 4.